The maximum Gasteiger partial charge on any atom is 0.251 e. The van der Waals surface area contributed by atoms with Gasteiger partial charge in [-0.2, -0.15) is 0 Å². The molecule has 0 bridgehead atoms. The molecular formula is C17H18ClNO2. The highest BCUT2D eigenvalue weighted by atomic mass is 35.5. The van der Waals surface area contributed by atoms with Crippen molar-refractivity contribution in [1.29, 1.82) is 0 Å². The number of nitrogens with one attached hydrogen (secondary N) is 1. The molecule has 0 heterocycles. The summed E-state index contributed by atoms with van der Waals surface area (Å²) in [7, 11) is 0. The molecule has 2 aromatic carbocycles. The smallest absolute Gasteiger partial charge is 0.251 e. The Bertz CT molecular complexity index is 613. The second kappa shape index (κ2) is 7.25. The van der Waals surface area contributed by atoms with E-state index in [4.69, 9.17) is 11.6 Å². The highest BCUT2D eigenvalue weighted by Gasteiger charge is 2.14. The first-order valence-electron chi connectivity index (χ1n) is 6.82. The third kappa shape index (κ3) is 4.31. The number of halogens is 1. The quantitative estimate of drug-likeness (QED) is 0.892. The minimum atomic E-state index is -0.319. The van der Waals surface area contributed by atoms with Crippen LogP contribution in [0.3, 0.4) is 0 Å². The number of hydrogen-bond acceptors (Lipinski definition) is 2. The van der Waals surface area contributed by atoms with E-state index in [1.807, 2.05) is 43.3 Å². The highest BCUT2D eigenvalue weighted by Crippen LogP contribution is 2.16. The predicted octanol–water partition coefficient (Wildman–Crippen LogP) is 2.98. The summed E-state index contributed by atoms with van der Waals surface area (Å²) in [6.07, 6.45) is 0.586. The zero-order chi connectivity index (χ0) is 15.2. The summed E-state index contributed by atoms with van der Waals surface area (Å²) in [5.41, 5.74) is 2.49. The molecule has 0 aliphatic carbocycles. The molecule has 0 spiro atoms. The molecule has 21 heavy (non-hydrogen) atoms. The molecule has 2 aromatic rings. The molecule has 1 amide bonds. The van der Waals surface area contributed by atoms with Crippen molar-refractivity contribution in [2.24, 2.45) is 0 Å². The fourth-order valence-electron chi connectivity index (χ4n) is 2.06. The zero-order valence-corrected chi connectivity index (χ0v) is 12.6. The van der Waals surface area contributed by atoms with Crippen molar-refractivity contribution in [2.75, 3.05) is 6.61 Å². The van der Waals surface area contributed by atoms with Crippen LogP contribution in [0.1, 0.15) is 21.5 Å². The third-order valence-electron chi connectivity index (χ3n) is 3.31. The highest BCUT2D eigenvalue weighted by molar-refractivity contribution is 6.31. The fourth-order valence-corrected chi connectivity index (χ4v) is 2.24. The van der Waals surface area contributed by atoms with Gasteiger partial charge in [0.05, 0.1) is 12.6 Å². The fraction of sp³-hybridized carbons (Fsp3) is 0.235. The minimum absolute atomic E-state index is 0.111. The van der Waals surface area contributed by atoms with E-state index in [1.165, 1.54) is 0 Å². The lowest BCUT2D eigenvalue weighted by atomic mass is 10.1. The SMILES string of the molecule is Cc1ccc(C(=O)N[C@@H](CO)Cc2ccccc2)cc1Cl. The summed E-state index contributed by atoms with van der Waals surface area (Å²) in [4.78, 5) is 12.2. The number of carbonyl (C=O) groups is 1. The molecule has 0 saturated carbocycles. The van der Waals surface area contributed by atoms with Crippen molar-refractivity contribution in [3.05, 3.63) is 70.2 Å². The van der Waals surface area contributed by atoms with Crippen LogP contribution in [0.15, 0.2) is 48.5 Å². The molecule has 4 heteroatoms. The van der Waals surface area contributed by atoms with E-state index < -0.39 is 0 Å². The van der Waals surface area contributed by atoms with Crippen LogP contribution in [0, 0.1) is 6.92 Å². The second-order valence-corrected chi connectivity index (χ2v) is 5.41. The maximum atomic E-state index is 12.2. The van der Waals surface area contributed by atoms with E-state index in [1.54, 1.807) is 12.1 Å². The van der Waals surface area contributed by atoms with Gasteiger partial charge in [-0.15, -0.1) is 0 Å². The Morgan fingerprint density at radius 3 is 2.57 bits per heavy atom. The molecule has 1 atom stereocenters. The van der Waals surface area contributed by atoms with Gasteiger partial charge in [0.2, 0.25) is 0 Å². The molecule has 2 N–H and O–H groups in total. The number of carbonyl (C=O) groups excluding carboxylic acids is 1. The van der Waals surface area contributed by atoms with E-state index in [9.17, 15) is 9.90 Å². The summed E-state index contributed by atoms with van der Waals surface area (Å²) >= 11 is 6.03. The number of aliphatic hydroxyl groups excluding tert-OH is 1. The van der Waals surface area contributed by atoms with Crippen molar-refractivity contribution in [1.82, 2.24) is 5.32 Å². The van der Waals surface area contributed by atoms with Gasteiger partial charge < -0.3 is 10.4 Å². The van der Waals surface area contributed by atoms with Crippen molar-refractivity contribution >= 4 is 17.5 Å². The average molecular weight is 304 g/mol. The summed E-state index contributed by atoms with van der Waals surface area (Å²) in [5, 5.41) is 12.8. The number of hydrogen-bond donors (Lipinski definition) is 2. The second-order valence-electron chi connectivity index (χ2n) is 5.01. The van der Waals surface area contributed by atoms with E-state index in [2.05, 4.69) is 5.32 Å². The summed E-state index contributed by atoms with van der Waals surface area (Å²) in [6.45, 7) is 1.77. The van der Waals surface area contributed by atoms with Crippen molar-refractivity contribution in [3.8, 4) is 0 Å². The van der Waals surface area contributed by atoms with Gasteiger partial charge >= 0.3 is 0 Å². The van der Waals surface area contributed by atoms with Crippen molar-refractivity contribution < 1.29 is 9.90 Å². The van der Waals surface area contributed by atoms with Gasteiger partial charge in [0.1, 0.15) is 0 Å². The minimum Gasteiger partial charge on any atom is -0.394 e. The van der Waals surface area contributed by atoms with Gasteiger partial charge in [-0.1, -0.05) is 48.0 Å². The van der Waals surface area contributed by atoms with E-state index in [0.29, 0.717) is 17.0 Å². The van der Waals surface area contributed by atoms with Crippen LogP contribution in [0.25, 0.3) is 0 Å². The van der Waals surface area contributed by atoms with Gasteiger partial charge in [-0.25, -0.2) is 0 Å². The first-order chi connectivity index (χ1) is 10.1. The Hall–Kier alpha value is -1.84. The number of amides is 1. The largest absolute Gasteiger partial charge is 0.394 e. The van der Waals surface area contributed by atoms with E-state index in [-0.39, 0.29) is 18.6 Å². The summed E-state index contributed by atoms with van der Waals surface area (Å²) in [5.74, 6) is -0.230. The molecule has 0 unspecified atom stereocenters. The summed E-state index contributed by atoms with van der Waals surface area (Å²) < 4.78 is 0. The number of aliphatic hydroxyl groups is 1. The normalized spacial score (nSPS) is 12.0. The Morgan fingerprint density at radius 2 is 1.95 bits per heavy atom. The Balaban J connectivity index is 2.04. The topological polar surface area (TPSA) is 49.3 Å². The molecule has 3 nitrogen and oxygen atoms in total. The molecule has 2 rings (SSSR count). The lowest BCUT2D eigenvalue weighted by molar-refractivity contribution is 0.0916. The lowest BCUT2D eigenvalue weighted by Gasteiger charge is -2.16. The molecule has 0 aliphatic heterocycles. The third-order valence-corrected chi connectivity index (χ3v) is 3.72. The number of aryl methyl sites for hydroxylation is 1. The molecule has 110 valence electrons. The van der Waals surface area contributed by atoms with Gasteiger partial charge in [0.15, 0.2) is 0 Å². The average Bonchev–Trinajstić information content (AvgIpc) is 2.50. The first-order valence-corrected chi connectivity index (χ1v) is 7.19. The Kier molecular flexibility index (Phi) is 5.37. The van der Waals surface area contributed by atoms with Crippen LogP contribution in [0.4, 0.5) is 0 Å². The van der Waals surface area contributed by atoms with Gasteiger partial charge in [0, 0.05) is 10.6 Å². The molecule has 0 aliphatic rings. The van der Waals surface area contributed by atoms with Crippen molar-refractivity contribution in [2.45, 2.75) is 19.4 Å². The van der Waals surface area contributed by atoms with E-state index >= 15 is 0 Å². The Morgan fingerprint density at radius 1 is 1.24 bits per heavy atom. The summed E-state index contributed by atoms with van der Waals surface area (Å²) in [6, 6.07) is 14.6. The van der Waals surface area contributed by atoms with E-state index in [0.717, 1.165) is 11.1 Å². The van der Waals surface area contributed by atoms with Crippen LogP contribution < -0.4 is 5.32 Å². The first kappa shape index (κ1) is 15.5. The molecular weight excluding hydrogens is 286 g/mol. The van der Waals surface area contributed by atoms with Crippen LogP contribution in [-0.2, 0) is 6.42 Å². The monoisotopic (exact) mass is 303 g/mol. The zero-order valence-electron chi connectivity index (χ0n) is 11.8. The van der Waals surface area contributed by atoms with Crippen molar-refractivity contribution in [3.63, 3.8) is 0 Å². The lowest BCUT2D eigenvalue weighted by Crippen LogP contribution is -2.39. The number of benzene rings is 2. The van der Waals surface area contributed by atoms with Gasteiger partial charge in [-0.05, 0) is 36.6 Å². The van der Waals surface area contributed by atoms with Crippen LogP contribution >= 0.6 is 11.6 Å². The molecule has 0 saturated heterocycles. The maximum absolute atomic E-state index is 12.2. The van der Waals surface area contributed by atoms with Crippen LogP contribution in [-0.4, -0.2) is 23.7 Å². The van der Waals surface area contributed by atoms with Gasteiger partial charge in [0.25, 0.3) is 5.91 Å². The standard InChI is InChI=1S/C17H18ClNO2/c1-12-7-8-14(10-16(12)18)17(21)19-15(11-20)9-13-5-3-2-4-6-13/h2-8,10,15,20H,9,11H2,1H3,(H,19,21)/t15-/m1/s1. The molecule has 0 radical (unpaired) electrons. The number of rotatable bonds is 5. The Labute approximate surface area is 129 Å². The molecule has 0 fully saturated rings. The predicted molar refractivity (Wildman–Crippen MR) is 84.7 cm³/mol. The van der Waals surface area contributed by atoms with Crippen LogP contribution in [0.5, 0.6) is 0 Å². The van der Waals surface area contributed by atoms with Crippen LogP contribution in [0.2, 0.25) is 5.02 Å². The van der Waals surface area contributed by atoms with Gasteiger partial charge in [-0.3, -0.25) is 4.79 Å². The molecule has 0 aromatic heterocycles.